The number of nitrogens with zero attached hydrogens (tertiary/aromatic N) is 3. The van der Waals surface area contributed by atoms with Crippen LogP contribution in [-0.4, -0.2) is 15.0 Å². The van der Waals surface area contributed by atoms with E-state index in [-0.39, 0.29) is 0 Å². The van der Waals surface area contributed by atoms with E-state index in [9.17, 15) is 0 Å². The molecule has 0 fully saturated rings. The Labute approximate surface area is 338 Å². The molecule has 7 heteroatoms. The fraction of sp³-hybridized carbons (Fsp3) is 0. The number of hydrogen-bond donors (Lipinski definition) is 0. The summed E-state index contributed by atoms with van der Waals surface area (Å²) in [5.74, 6) is 1.83. The third-order valence-corrected chi connectivity index (χ3v) is 13.7. The molecule has 5 heterocycles. The molecule has 0 saturated carbocycles. The standard InChI is InChI=1S/C51H27N3O2S2/c1-2-12-29(13-3-1)49-52-50(54-51(53-49)37-27-40-44(32-15-5-9-19-39(32)55-40)48-43(37)33-16-6-10-20-41(33)58-48)30-24-22-28(23-25-30)35-26-36-31-14-4-8-18-38(31)56-46(36)45-34-17-7-11-21-42(34)57-47(35)45/h1-27H. The molecular weight excluding hydrogens is 751 g/mol. The minimum Gasteiger partial charge on any atom is -0.456 e. The zero-order valence-corrected chi connectivity index (χ0v) is 32.2. The van der Waals surface area contributed by atoms with E-state index >= 15 is 0 Å². The van der Waals surface area contributed by atoms with E-state index in [2.05, 4.69) is 127 Å². The van der Waals surface area contributed by atoms with Gasteiger partial charge >= 0.3 is 0 Å². The average Bonchev–Trinajstić information content (AvgIpc) is 4.06. The number of rotatable bonds is 4. The number of benzene rings is 8. The summed E-state index contributed by atoms with van der Waals surface area (Å²) in [5, 5.41) is 9.14. The van der Waals surface area contributed by atoms with Crippen LogP contribution in [0.4, 0.5) is 0 Å². The molecule has 5 nitrogen and oxygen atoms in total. The smallest absolute Gasteiger partial charge is 0.164 e. The highest BCUT2D eigenvalue weighted by atomic mass is 32.1. The molecule has 0 aliphatic rings. The predicted molar refractivity (Wildman–Crippen MR) is 242 cm³/mol. The Morgan fingerprint density at radius 2 is 0.897 bits per heavy atom. The van der Waals surface area contributed by atoms with Gasteiger partial charge in [-0.15, -0.1) is 22.7 Å². The molecule has 0 aliphatic heterocycles. The summed E-state index contributed by atoms with van der Waals surface area (Å²) in [6, 6.07) is 57.0. The molecule has 13 rings (SSSR count). The van der Waals surface area contributed by atoms with Crippen LogP contribution in [-0.2, 0) is 0 Å². The van der Waals surface area contributed by atoms with Crippen molar-refractivity contribution in [1.29, 1.82) is 0 Å². The molecule has 0 N–H and O–H groups in total. The Kier molecular flexibility index (Phi) is 6.70. The lowest BCUT2D eigenvalue weighted by Gasteiger charge is -2.11. The highest BCUT2D eigenvalue weighted by Crippen LogP contribution is 2.48. The molecule has 8 aromatic carbocycles. The maximum Gasteiger partial charge on any atom is 0.164 e. The van der Waals surface area contributed by atoms with Crippen LogP contribution in [0.25, 0.3) is 130 Å². The van der Waals surface area contributed by atoms with Gasteiger partial charge in [0.1, 0.15) is 22.3 Å². The Balaban J connectivity index is 1.03. The van der Waals surface area contributed by atoms with Crippen molar-refractivity contribution < 1.29 is 8.83 Å². The molecule has 270 valence electrons. The quantitative estimate of drug-likeness (QED) is 0.178. The zero-order chi connectivity index (χ0) is 37.9. The molecule has 0 unspecified atom stereocenters. The van der Waals surface area contributed by atoms with Gasteiger partial charge in [0, 0.05) is 84.1 Å². The van der Waals surface area contributed by atoms with Gasteiger partial charge in [-0.3, -0.25) is 0 Å². The summed E-state index contributed by atoms with van der Waals surface area (Å²) in [6.45, 7) is 0. The second-order valence-corrected chi connectivity index (χ2v) is 16.8. The van der Waals surface area contributed by atoms with Crippen LogP contribution >= 0.6 is 22.7 Å². The number of para-hydroxylation sites is 2. The van der Waals surface area contributed by atoms with Gasteiger partial charge in [-0.25, -0.2) is 15.0 Å². The Bertz CT molecular complexity index is 3800. The lowest BCUT2D eigenvalue weighted by Crippen LogP contribution is -2.00. The largest absolute Gasteiger partial charge is 0.456 e. The molecule has 13 aromatic rings. The van der Waals surface area contributed by atoms with Gasteiger partial charge in [-0.1, -0.05) is 127 Å². The predicted octanol–water partition coefficient (Wildman–Crippen LogP) is 15.1. The fourth-order valence-corrected chi connectivity index (χ4v) is 11.2. The van der Waals surface area contributed by atoms with Gasteiger partial charge in [0.15, 0.2) is 17.5 Å². The Morgan fingerprint density at radius 3 is 1.64 bits per heavy atom. The molecule has 58 heavy (non-hydrogen) atoms. The van der Waals surface area contributed by atoms with Crippen molar-refractivity contribution in [3.8, 4) is 45.3 Å². The van der Waals surface area contributed by atoms with Gasteiger partial charge < -0.3 is 8.83 Å². The van der Waals surface area contributed by atoms with Crippen LogP contribution in [0.15, 0.2) is 173 Å². The van der Waals surface area contributed by atoms with Crippen LogP contribution in [0.2, 0.25) is 0 Å². The first kappa shape index (κ1) is 32.0. The van der Waals surface area contributed by atoms with Gasteiger partial charge in [0.25, 0.3) is 0 Å². The van der Waals surface area contributed by atoms with E-state index in [1.807, 2.05) is 47.7 Å². The van der Waals surface area contributed by atoms with Crippen molar-refractivity contribution in [3.05, 3.63) is 164 Å². The Hall–Kier alpha value is -7.19. The number of furan rings is 2. The normalized spacial score (nSPS) is 12.1. The Morgan fingerprint density at radius 1 is 0.345 bits per heavy atom. The highest BCUT2D eigenvalue weighted by molar-refractivity contribution is 7.27. The molecule has 0 saturated heterocycles. The lowest BCUT2D eigenvalue weighted by atomic mass is 9.98. The van der Waals surface area contributed by atoms with Crippen molar-refractivity contribution in [2.45, 2.75) is 0 Å². The molecule has 0 atom stereocenters. The van der Waals surface area contributed by atoms with Crippen molar-refractivity contribution in [2.24, 2.45) is 0 Å². The molecule has 0 spiro atoms. The number of thiophene rings is 2. The number of fused-ring (bicyclic) bond motifs is 14. The third-order valence-electron chi connectivity index (χ3n) is 11.3. The lowest BCUT2D eigenvalue weighted by molar-refractivity contribution is 0.669. The fourth-order valence-electron chi connectivity index (χ4n) is 8.69. The van der Waals surface area contributed by atoms with Crippen LogP contribution in [0.5, 0.6) is 0 Å². The van der Waals surface area contributed by atoms with Crippen molar-refractivity contribution in [3.63, 3.8) is 0 Å². The maximum atomic E-state index is 6.56. The molecular formula is C51H27N3O2S2. The summed E-state index contributed by atoms with van der Waals surface area (Å²) in [6.07, 6.45) is 0. The first-order chi connectivity index (χ1) is 28.7. The van der Waals surface area contributed by atoms with E-state index in [4.69, 9.17) is 23.8 Å². The highest BCUT2D eigenvalue weighted by Gasteiger charge is 2.23. The van der Waals surface area contributed by atoms with E-state index in [1.165, 1.54) is 35.1 Å². The summed E-state index contributed by atoms with van der Waals surface area (Å²) in [7, 11) is 0. The van der Waals surface area contributed by atoms with Gasteiger partial charge in [-0.05, 0) is 42.0 Å². The SMILES string of the molecule is c1ccc(-c2nc(-c3ccc(-c4cc5c6ccccc6oc5c5c4sc4ccccc45)cc3)nc(-c3cc4oc5ccccc5c4c4sc5ccccc5c34)n2)cc1. The van der Waals surface area contributed by atoms with Crippen LogP contribution < -0.4 is 0 Å². The van der Waals surface area contributed by atoms with Crippen LogP contribution in [0.1, 0.15) is 0 Å². The molecule has 5 aromatic heterocycles. The monoisotopic (exact) mass is 777 g/mol. The topological polar surface area (TPSA) is 65.0 Å². The summed E-state index contributed by atoms with van der Waals surface area (Å²) < 4.78 is 17.9. The van der Waals surface area contributed by atoms with Gasteiger partial charge in [0.2, 0.25) is 0 Å². The first-order valence-corrected chi connectivity index (χ1v) is 20.8. The van der Waals surface area contributed by atoms with E-state index in [1.54, 1.807) is 11.3 Å². The number of aromatic nitrogens is 3. The van der Waals surface area contributed by atoms with E-state index in [0.29, 0.717) is 17.5 Å². The third kappa shape index (κ3) is 4.66. The molecule has 0 radical (unpaired) electrons. The second-order valence-electron chi connectivity index (χ2n) is 14.6. The van der Waals surface area contributed by atoms with E-state index in [0.717, 1.165) is 76.9 Å². The maximum absolute atomic E-state index is 6.56. The molecule has 0 amide bonds. The van der Waals surface area contributed by atoms with Crippen LogP contribution in [0, 0.1) is 0 Å². The summed E-state index contributed by atoms with van der Waals surface area (Å²) in [5.41, 5.74) is 8.56. The van der Waals surface area contributed by atoms with Crippen molar-refractivity contribution in [2.75, 3.05) is 0 Å². The first-order valence-electron chi connectivity index (χ1n) is 19.2. The number of hydrogen-bond acceptors (Lipinski definition) is 7. The van der Waals surface area contributed by atoms with Crippen molar-refractivity contribution >= 4 is 107 Å². The minimum atomic E-state index is 0.605. The molecule has 0 bridgehead atoms. The molecule has 0 aliphatic carbocycles. The summed E-state index contributed by atoms with van der Waals surface area (Å²) in [4.78, 5) is 15.6. The summed E-state index contributed by atoms with van der Waals surface area (Å²) >= 11 is 3.60. The van der Waals surface area contributed by atoms with Gasteiger partial charge in [0.05, 0.1) is 0 Å². The second kappa shape index (κ2) is 12.2. The van der Waals surface area contributed by atoms with Crippen molar-refractivity contribution in [1.82, 2.24) is 15.0 Å². The average molecular weight is 778 g/mol. The van der Waals surface area contributed by atoms with E-state index < -0.39 is 0 Å². The van der Waals surface area contributed by atoms with Crippen LogP contribution in [0.3, 0.4) is 0 Å². The minimum absolute atomic E-state index is 0.605. The van der Waals surface area contributed by atoms with Gasteiger partial charge in [-0.2, -0.15) is 0 Å². The zero-order valence-electron chi connectivity index (χ0n) is 30.6.